The van der Waals surface area contributed by atoms with Crippen molar-refractivity contribution in [1.29, 1.82) is 0 Å². The molecule has 0 aliphatic heterocycles. The summed E-state index contributed by atoms with van der Waals surface area (Å²) in [5, 5.41) is 0. The topological polar surface area (TPSA) is 48.3 Å². The lowest BCUT2D eigenvalue weighted by molar-refractivity contribution is 0.0523. The molecule has 0 aliphatic carbocycles. The first-order valence-corrected chi connectivity index (χ1v) is 6.51. The maximum Gasteiger partial charge on any atom is 0.340 e. The van der Waals surface area contributed by atoms with Gasteiger partial charge in [-0.3, -0.25) is 4.79 Å². The van der Waals surface area contributed by atoms with Crippen molar-refractivity contribution in [3.05, 3.63) is 52.8 Å². The SMILES string of the molecule is CCOC(=O)c1c(C=O)c(C)n(-c2ccccc2)c1C. The minimum absolute atomic E-state index is 0.284. The van der Waals surface area contributed by atoms with Gasteiger partial charge in [-0.25, -0.2) is 4.79 Å². The third-order valence-electron chi connectivity index (χ3n) is 3.30. The van der Waals surface area contributed by atoms with E-state index in [1.807, 2.05) is 48.7 Å². The van der Waals surface area contributed by atoms with E-state index in [1.165, 1.54) is 0 Å². The van der Waals surface area contributed by atoms with Gasteiger partial charge < -0.3 is 9.30 Å². The van der Waals surface area contributed by atoms with Crippen molar-refractivity contribution in [2.24, 2.45) is 0 Å². The maximum absolute atomic E-state index is 12.0. The van der Waals surface area contributed by atoms with Gasteiger partial charge in [-0.2, -0.15) is 0 Å². The van der Waals surface area contributed by atoms with Gasteiger partial charge in [0.1, 0.15) is 0 Å². The van der Waals surface area contributed by atoms with Crippen molar-refractivity contribution in [1.82, 2.24) is 4.57 Å². The van der Waals surface area contributed by atoms with Crippen molar-refractivity contribution in [3.8, 4) is 5.69 Å². The summed E-state index contributed by atoms with van der Waals surface area (Å²) in [7, 11) is 0. The predicted molar refractivity (Wildman–Crippen MR) is 76.6 cm³/mol. The van der Waals surface area contributed by atoms with E-state index in [-0.39, 0.29) is 6.61 Å². The molecule has 4 heteroatoms. The van der Waals surface area contributed by atoms with Crippen LogP contribution in [0.2, 0.25) is 0 Å². The van der Waals surface area contributed by atoms with Crippen LogP contribution in [-0.4, -0.2) is 23.4 Å². The van der Waals surface area contributed by atoms with E-state index < -0.39 is 5.97 Å². The number of benzene rings is 1. The number of esters is 1. The zero-order valence-corrected chi connectivity index (χ0v) is 11.8. The van der Waals surface area contributed by atoms with Crippen molar-refractivity contribution < 1.29 is 14.3 Å². The van der Waals surface area contributed by atoms with Gasteiger partial charge in [-0.05, 0) is 32.9 Å². The molecule has 1 aromatic carbocycles. The van der Waals surface area contributed by atoms with E-state index in [1.54, 1.807) is 6.92 Å². The number of carbonyl (C=O) groups excluding carboxylic acids is 2. The fourth-order valence-corrected chi connectivity index (χ4v) is 2.43. The molecule has 104 valence electrons. The summed E-state index contributed by atoms with van der Waals surface area (Å²) >= 11 is 0. The van der Waals surface area contributed by atoms with Gasteiger partial charge in [0, 0.05) is 17.1 Å². The van der Waals surface area contributed by atoms with Gasteiger partial charge in [0.2, 0.25) is 0 Å². The Balaban J connectivity index is 2.67. The fraction of sp³-hybridized carbons (Fsp3) is 0.250. The summed E-state index contributed by atoms with van der Waals surface area (Å²) in [4.78, 5) is 23.4. The summed E-state index contributed by atoms with van der Waals surface area (Å²) in [5.74, 6) is -0.454. The summed E-state index contributed by atoms with van der Waals surface area (Å²) in [6.45, 7) is 5.67. The van der Waals surface area contributed by atoms with Gasteiger partial charge in [0.25, 0.3) is 0 Å². The minimum Gasteiger partial charge on any atom is -0.462 e. The van der Waals surface area contributed by atoms with Crippen LogP contribution in [0.5, 0.6) is 0 Å². The van der Waals surface area contributed by atoms with E-state index in [0.29, 0.717) is 23.1 Å². The Morgan fingerprint density at radius 2 is 1.85 bits per heavy atom. The number of hydrogen-bond donors (Lipinski definition) is 0. The Kier molecular flexibility index (Phi) is 4.03. The molecule has 0 bridgehead atoms. The molecule has 0 saturated carbocycles. The lowest BCUT2D eigenvalue weighted by atomic mass is 10.1. The molecular formula is C16H17NO3. The van der Waals surface area contributed by atoms with Crippen LogP contribution in [0.1, 0.15) is 39.0 Å². The largest absolute Gasteiger partial charge is 0.462 e. The third kappa shape index (κ3) is 2.25. The first-order chi connectivity index (χ1) is 9.61. The number of carbonyl (C=O) groups is 2. The Bertz CT molecular complexity index is 641. The lowest BCUT2D eigenvalue weighted by Gasteiger charge is -2.09. The second-order valence-electron chi connectivity index (χ2n) is 4.47. The van der Waals surface area contributed by atoms with Crippen molar-refractivity contribution >= 4 is 12.3 Å². The second-order valence-corrected chi connectivity index (χ2v) is 4.47. The van der Waals surface area contributed by atoms with E-state index in [9.17, 15) is 9.59 Å². The smallest absolute Gasteiger partial charge is 0.340 e. The van der Waals surface area contributed by atoms with Crippen LogP contribution in [0.15, 0.2) is 30.3 Å². The highest BCUT2D eigenvalue weighted by molar-refractivity contribution is 6.00. The Hall–Kier alpha value is -2.36. The Morgan fingerprint density at radius 1 is 1.20 bits per heavy atom. The summed E-state index contributed by atoms with van der Waals surface area (Å²) < 4.78 is 6.94. The first-order valence-electron chi connectivity index (χ1n) is 6.51. The van der Waals surface area contributed by atoms with Crippen LogP contribution in [0, 0.1) is 13.8 Å². The molecule has 0 fully saturated rings. The molecule has 0 N–H and O–H groups in total. The van der Waals surface area contributed by atoms with E-state index >= 15 is 0 Å². The standard InChI is InChI=1S/C16H17NO3/c1-4-20-16(19)15-12(3)17(11(2)14(15)10-18)13-8-6-5-7-9-13/h5-10H,4H2,1-3H3. The molecule has 2 rings (SSSR count). The molecule has 4 nitrogen and oxygen atoms in total. The number of nitrogens with zero attached hydrogens (tertiary/aromatic N) is 1. The van der Waals surface area contributed by atoms with Gasteiger partial charge >= 0.3 is 5.97 Å². The highest BCUT2D eigenvalue weighted by atomic mass is 16.5. The number of aromatic nitrogens is 1. The second kappa shape index (κ2) is 5.74. The molecule has 0 saturated heterocycles. The third-order valence-corrected chi connectivity index (χ3v) is 3.30. The van der Waals surface area contributed by atoms with Gasteiger partial charge in [0.05, 0.1) is 17.7 Å². The molecule has 0 radical (unpaired) electrons. The molecule has 0 unspecified atom stereocenters. The molecular weight excluding hydrogens is 254 g/mol. The number of ether oxygens (including phenoxy) is 1. The number of hydrogen-bond acceptors (Lipinski definition) is 3. The van der Waals surface area contributed by atoms with Crippen LogP contribution in [0.3, 0.4) is 0 Å². The molecule has 0 atom stereocenters. The normalized spacial score (nSPS) is 10.3. The van der Waals surface area contributed by atoms with E-state index in [2.05, 4.69) is 0 Å². The highest BCUT2D eigenvalue weighted by Gasteiger charge is 2.24. The van der Waals surface area contributed by atoms with E-state index in [4.69, 9.17) is 4.74 Å². The van der Waals surface area contributed by atoms with Crippen molar-refractivity contribution in [2.45, 2.75) is 20.8 Å². The zero-order valence-electron chi connectivity index (χ0n) is 11.8. The van der Waals surface area contributed by atoms with Crippen LogP contribution < -0.4 is 0 Å². The number of aldehydes is 1. The average Bonchev–Trinajstić information content (AvgIpc) is 2.70. The first kappa shape index (κ1) is 14.1. The molecule has 1 heterocycles. The van der Waals surface area contributed by atoms with Gasteiger partial charge in [0.15, 0.2) is 6.29 Å². The van der Waals surface area contributed by atoms with Crippen LogP contribution in [0.4, 0.5) is 0 Å². The molecule has 20 heavy (non-hydrogen) atoms. The molecule has 0 amide bonds. The average molecular weight is 271 g/mol. The summed E-state index contributed by atoms with van der Waals surface area (Å²) in [6.07, 6.45) is 0.716. The predicted octanol–water partition coefficient (Wildman–Crippen LogP) is 3.08. The maximum atomic E-state index is 12.0. The molecule has 1 aromatic heterocycles. The number of rotatable bonds is 4. The summed E-state index contributed by atoms with van der Waals surface area (Å²) in [6, 6.07) is 9.62. The van der Waals surface area contributed by atoms with Crippen molar-refractivity contribution in [2.75, 3.05) is 6.61 Å². The lowest BCUT2D eigenvalue weighted by Crippen LogP contribution is -2.08. The Labute approximate surface area is 118 Å². The zero-order chi connectivity index (χ0) is 14.7. The molecule has 2 aromatic rings. The fourth-order valence-electron chi connectivity index (χ4n) is 2.43. The highest BCUT2D eigenvalue weighted by Crippen LogP contribution is 2.25. The minimum atomic E-state index is -0.454. The number of para-hydroxylation sites is 1. The van der Waals surface area contributed by atoms with Crippen LogP contribution in [0.25, 0.3) is 5.69 Å². The molecule has 0 spiro atoms. The van der Waals surface area contributed by atoms with E-state index in [0.717, 1.165) is 11.4 Å². The molecule has 0 aliphatic rings. The van der Waals surface area contributed by atoms with Gasteiger partial charge in [-0.1, -0.05) is 18.2 Å². The monoisotopic (exact) mass is 271 g/mol. The van der Waals surface area contributed by atoms with Crippen LogP contribution >= 0.6 is 0 Å². The van der Waals surface area contributed by atoms with Crippen LogP contribution in [-0.2, 0) is 4.74 Å². The summed E-state index contributed by atoms with van der Waals surface area (Å²) in [5.41, 5.74) is 3.12. The van der Waals surface area contributed by atoms with Crippen molar-refractivity contribution in [3.63, 3.8) is 0 Å². The van der Waals surface area contributed by atoms with Gasteiger partial charge in [-0.15, -0.1) is 0 Å². The Morgan fingerprint density at radius 3 is 2.40 bits per heavy atom. The quantitative estimate of drug-likeness (QED) is 0.634.